The van der Waals surface area contributed by atoms with Gasteiger partial charge in [-0.1, -0.05) is 12.2 Å². The monoisotopic (exact) mass is 488 g/mol. The van der Waals surface area contributed by atoms with E-state index >= 15 is 0 Å². The van der Waals surface area contributed by atoms with E-state index in [2.05, 4.69) is 13.2 Å². The third-order valence-corrected chi connectivity index (χ3v) is 6.09. The minimum atomic E-state index is -1.30. The molecular formula is C26H20N2O8. The summed E-state index contributed by atoms with van der Waals surface area (Å²) < 4.78 is 0. The lowest BCUT2D eigenvalue weighted by Crippen LogP contribution is -2.30. The Morgan fingerprint density at radius 2 is 1.03 bits per heavy atom. The molecule has 0 radical (unpaired) electrons. The van der Waals surface area contributed by atoms with E-state index in [9.17, 15) is 39.0 Å². The first kappa shape index (κ1) is 24.3. The molecule has 0 aliphatic carbocycles. The molecule has 0 aromatic heterocycles. The smallest absolute Gasteiger partial charge is 0.335 e. The zero-order valence-corrected chi connectivity index (χ0v) is 18.9. The number of aromatic carboxylic acids is 2. The van der Waals surface area contributed by atoms with Gasteiger partial charge in [-0.3, -0.25) is 29.0 Å². The van der Waals surface area contributed by atoms with Crippen molar-refractivity contribution in [3.05, 3.63) is 94.1 Å². The van der Waals surface area contributed by atoms with Crippen LogP contribution in [0.25, 0.3) is 0 Å². The molecule has 182 valence electrons. The molecule has 2 aromatic carbocycles. The molecule has 0 fully saturated rings. The predicted octanol–water partition coefficient (Wildman–Crippen LogP) is 2.43. The Labute approximate surface area is 204 Å². The van der Waals surface area contributed by atoms with Crippen LogP contribution >= 0.6 is 0 Å². The van der Waals surface area contributed by atoms with E-state index in [-0.39, 0.29) is 70.4 Å². The number of fused-ring (bicyclic) bond motifs is 2. The van der Waals surface area contributed by atoms with Crippen molar-refractivity contribution in [1.29, 1.82) is 0 Å². The number of amides is 4. The topological polar surface area (TPSA) is 149 Å². The van der Waals surface area contributed by atoms with E-state index in [1.807, 2.05) is 0 Å². The minimum absolute atomic E-state index is 0.00282. The SMILES string of the molecule is C=CCN1C(=O)c2cc(C(=O)O)cc(CCc3cc(C(=O)O)cc4c3C(=O)N(CC=C)C4=O)c2C1=O. The van der Waals surface area contributed by atoms with Gasteiger partial charge in [-0.25, -0.2) is 9.59 Å². The average Bonchev–Trinajstić information content (AvgIpc) is 3.23. The molecule has 2 aromatic rings. The molecule has 0 spiro atoms. The van der Waals surface area contributed by atoms with Gasteiger partial charge in [0.1, 0.15) is 0 Å². The second-order valence-electron chi connectivity index (χ2n) is 8.25. The summed E-state index contributed by atoms with van der Waals surface area (Å²) >= 11 is 0. The summed E-state index contributed by atoms with van der Waals surface area (Å²) in [6, 6.07) is 4.84. The Balaban J connectivity index is 1.80. The highest BCUT2D eigenvalue weighted by Gasteiger charge is 2.39. The maximum Gasteiger partial charge on any atom is 0.335 e. The van der Waals surface area contributed by atoms with Gasteiger partial charge in [0, 0.05) is 13.1 Å². The number of carboxylic acids is 2. The maximum absolute atomic E-state index is 13.0. The standard InChI is InChI=1S/C26H20N2O8/c1-3-7-27-21(29)17-11-15(25(33)34)9-13(19(17)23(27)31)5-6-14-10-16(26(35)36)12-18-20(14)24(32)28(8-4-2)22(18)30/h3-4,9-12H,1-2,5-8H2,(H,33,34)(H,35,36). The van der Waals surface area contributed by atoms with Gasteiger partial charge in [0.2, 0.25) is 0 Å². The number of rotatable bonds is 9. The van der Waals surface area contributed by atoms with Crippen molar-refractivity contribution in [2.45, 2.75) is 12.8 Å². The van der Waals surface area contributed by atoms with Crippen LogP contribution in [0.5, 0.6) is 0 Å². The number of imide groups is 2. The number of carboxylic acid groups (broad SMARTS) is 2. The molecule has 0 bridgehead atoms. The highest BCUT2D eigenvalue weighted by atomic mass is 16.4. The van der Waals surface area contributed by atoms with Crippen LogP contribution in [0, 0.1) is 0 Å². The lowest BCUT2D eigenvalue weighted by molar-refractivity contribution is 0.0655. The van der Waals surface area contributed by atoms with Crippen LogP contribution in [0.4, 0.5) is 0 Å². The molecule has 36 heavy (non-hydrogen) atoms. The van der Waals surface area contributed by atoms with Gasteiger partial charge in [-0.15, -0.1) is 13.2 Å². The molecule has 0 saturated carbocycles. The highest BCUT2D eigenvalue weighted by Crippen LogP contribution is 2.32. The summed E-state index contributed by atoms with van der Waals surface area (Å²) in [5, 5.41) is 19.1. The van der Waals surface area contributed by atoms with E-state index in [0.29, 0.717) is 0 Å². The van der Waals surface area contributed by atoms with E-state index < -0.39 is 35.6 Å². The highest BCUT2D eigenvalue weighted by molar-refractivity contribution is 6.23. The fourth-order valence-corrected chi connectivity index (χ4v) is 4.49. The Kier molecular flexibility index (Phi) is 6.11. The van der Waals surface area contributed by atoms with Gasteiger partial charge in [0.15, 0.2) is 0 Å². The average molecular weight is 488 g/mol. The molecule has 2 heterocycles. The number of carbonyl (C=O) groups is 6. The zero-order valence-electron chi connectivity index (χ0n) is 18.9. The van der Waals surface area contributed by atoms with E-state index in [1.165, 1.54) is 24.3 Å². The first-order valence-electron chi connectivity index (χ1n) is 10.8. The van der Waals surface area contributed by atoms with Crippen LogP contribution in [0.2, 0.25) is 0 Å². The maximum atomic E-state index is 13.0. The Morgan fingerprint density at radius 1 is 0.667 bits per heavy atom. The van der Waals surface area contributed by atoms with Crippen molar-refractivity contribution >= 4 is 35.6 Å². The summed E-state index contributed by atoms with van der Waals surface area (Å²) in [5.74, 6) is -5.08. The molecule has 0 atom stereocenters. The van der Waals surface area contributed by atoms with Gasteiger partial charge < -0.3 is 10.2 Å². The van der Waals surface area contributed by atoms with E-state index in [4.69, 9.17) is 0 Å². The predicted molar refractivity (Wildman–Crippen MR) is 125 cm³/mol. The van der Waals surface area contributed by atoms with Crippen molar-refractivity contribution in [3.63, 3.8) is 0 Å². The van der Waals surface area contributed by atoms with Crippen LogP contribution < -0.4 is 0 Å². The second-order valence-corrected chi connectivity index (χ2v) is 8.25. The number of hydrogen-bond acceptors (Lipinski definition) is 6. The summed E-state index contributed by atoms with van der Waals surface area (Å²) in [4.78, 5) is 76.7. The van der Waals surface area contributed by atoms with Crippen LogP contribution in [-0.2, 0) is 12.8 Å². The van der Waals surface area contributed by atoms with Crippen LogP contribution in [0.3, 0.4) is 0 Å². The lowest BCUT2D eigenvalue weighted by atomic mass is 9.91. The first-order valence-corrected chi connectivity index (χ1v) is 10.8. The molecule has 2 N–H and O–H groups in total. The molecule has 4 amide bonds. The molecule has 10 heteroatoms. The molecule has 0 unspecified atom stereocenters. The van der Waals surface area contributed by atoms with Crippen LogP contribution in [0.1, 0.15) is 73.3 Å². The lowest BCUT2D eigenvalue weighted by Gasteiger charge is -2.12. The Bertz CT molecular complexity index is 1310. The molecule has 10 nitrogen and oxygen atoms in total. The summed E-state index contributed by atoms with van der Waals surface area (Å²) in [6.45, 7) is 6.95. The number of carbonyl (C=O) groups excluding carboxylic acids is 4. The Morgan fingerprint density at radius 3 is 1.33 bits per heavy atom. The third-order valence-electron chi connectivity index (χ3n) is 6.09. The van der Waals surface area contributed by atoms with Gasteiger partial charge in [0.05, 0.1) is 33.4 Å². The number of nitrogens with zero attached hydrogens (tertiary/aromatic N) is 2. The summed E-state index contributed by atoms with van der Waals surface area (Å²) in [5.41, 5.74) is 0.112. The van der Waals surface area contributed by atoms with Crippen molar-refractivity contribution < 1.29 is 39.0 Å². The van der Waals surface area contributed by atoms with Crippen LogP contribution in [-0.4, -0.2) is 68.7 Å². The molecular weight excluding hydrogens is 468 g/mol. The minimum Gasteiger partial charge on any atom is -0.478 e. The normalized spacial score (nSPS) is 14.2. The zero-order chi connectivity index (χ0) is 26.3. The fraction of sp³-hybridized carbons (Fsp3) is 0.154. The fourth-order valence-electron chi connectivity index (χ4n) is 4.49. The number of benzene rings is 2. The quantitative estimate of drug-likeness (QED) is 0.404. The molecule has 2 aliphatic rings. The molecule has 4 rings (SSSR count). The summed E-state index contributed by atoms with van der Waals surface area (Å²) in [7, 11) is 0. The van der Waals surface area contributed by atoms with Crippen LogP contribution in [0.15, 0.2) is 49.6 Å². The van der Waals surface area contributed by atoms with Gasteiger partial charge >= 0.3 is 11.9 Å². The van der Waals surface area contributed by atoms with Crippen molar-refractivity contribution in [3.8, 4) is 0 Å². The van der Waals surface area contributed by atoms with Crippen molar-refractivity contribution in [2.75, 3.05) is 13.1 Å². The molecule has 2 aliphatic heterocycles. The van der Waals surface area contributed by atoms with E-state index in [1.54, 1.807) is 0 Å². The molecule has 0 saturated heterocycles. The first-order chi connectivity index (χ1) is 17.1. The largest absolute Gasteiger partial charge is 0.478 e. The van der Waals surface area contributed by atoms with E-state index in [0.717, 1.165) is 21.9 Å². The second kappa shape index (κ2) is 9.06. The van der Waals surface area contributed by atoms with Gasteiger partial charge in [-0.2, -0.15) is 0 Å². The third kappa shape index (κ3) is 3.78. The van der Waals surface area contributed by atoms with Gasteiger partial charge in [-0.05, 0) is 48.2 Å². The van der Waals surface area contributed by atoms with Crippen molar-refractivity contribution in [1.82, 2.24) is 9.80 Å². The van der Waals surface area contributed by atoms with Crippen molar-refractivity contribution in [2.24, 2.45) is 0 Å². The number of hydrogen-bond donors (Lipinski definition) is 2. The summed E-state index contributed by atoms with van der Waals surface area (Å²) in [6.07, 6.45) is 2.75. The Hall–Kier alpha value is -4.86. The number of aryl methyl sites for hydroxylation is 2. The van der Waals surface area contributed by atoms with Gasteiger partial charge in [0.25, 0.3) is 23.6 Å².